The van der Waals surface area contributed by atoms with E-state index in [0.29, 0.717) is 19.5 Å². The second-order valence-electron chi connectivity index (χ2n) is 10.2. The van der Waals surface area contributed by atoms with Crippen LogP contribution in [0.3, 0.4) is 0 Å². The van der Waals surface area contributed by atoms with E-state index in [1.807, 2.05) is 53.8 Å². The van der Waals surface area contributed by atoms with E-state index in [1.165, 1.54) is 0 Å². The summed E-state index contributed by atoms with van der Waals surface area (Å²) in [7, 11) is 0. The molecule has 1 saturated heterocycles. The van der Waals surface area contributed by atoms with Crippen LogP contribution in [0.4, 0.5) is 4.79 Å². The van der Waals surface area contributed by atoms with E-state index in [0.717, 1.165) is 22.9 Å². The number of nitrogens with one attached hydrogen (secondary N) is 1. The quantitative estimate of drug-likeness (QED) is 0.721. The number of aromatic nitrogens is 1. The van der Waals surface area contributed by atoms with E-state index in [4.69, 9.17) is 9.47 Å². The number of benzene rings is 1. The molecule has 2 aromatic rings. The molecule has 1 amide bonds. The molecule has 2 atom stereocenters. The number of nitrogens with zero attached hydrogens (tertiary/aromatic N) is 1. The Labute approximate surface area is 178 Å². The molecule has 1 aliphatic rings. The zero-order chi connectivity index (χ0) is 22.1. The third-order valence-electron chi connectivity index (χ3n) is 5.23. The largest absolute Gasteiger partial charge is 0.460 e. The summed E-state index contributed by atoms with van der Waals surface area (Å²) in [6.45, 7) is 12.3. The highest BCUT2D eigenvalue weighted by Gasteiger charge is 2.39. The highest BCUT2D eigenvalue weighted by atomic mass is 16.6. The summed E-state index contributed by atoms with van der Waals surface area (Å²) in [6, 6.07) is 8.25. The van der Waals surface area contributed by atoms with Gasteiger partial charge in [0.15, 0.2) is 0 Å². The summed E-state index contributed by atoms with van der Waals surface area (Å²) in [5, 5.41) is 1.14. The number of H-pyrrole nitrogens is 1. The summed E-state index contributed by atoms with van der Waals surface area (Å²) < 4.78 is 11.3. The van der Waals surface area contributed by atoms with Gasteiger partial charge in [-0.2, -0.15) is 0 Å². The molecule has 1 N–H and O–H groups in total. The minimum Gasteiger partial charge on any atom is -0.460 e. The Morgan fingerprint density at radius 1 is 1.10 bits per heavy atom. The monoisotopic (exact) mass is 414 g/mol. The molecule has 1 aromatic heterocycles. The van der Waals surface area contributed by atoms with Crippen LogP contribution in [0.2, 0.25) is 0 Å². The predicted octanol–water partition coefficient (Wildman–Crippen LogP) is 4.93. The van der Waals surface area contributed by atoms with Crippen molar-refractivity contribution in [1.29, 1.82) is 0 Å². The Morgan fingerprint density at radius 3 is 2.47 bits per heavy atom. The van der Waals surface area contributed by atoms with E-state index >= 15 is 0 Å². The maximum absolute atomic E-state index is 13.1. The van der Waals surface area contributed by atoms with Crippen molar-refractivity contribution in [3.05, 3.63) is 36.0 Å². The lowest BCUT2D eigenvalue weighted by molar-refractivity contribution is -0.161. The fraction of sp³-hybridized carbons (Fsp3) is 0.583. The first-order valence-corrected chi connectivity index (χ1v) is 10.7. The van der Waals surface area contributed by atoms with Gasteiger partial charge < -0.3 is 19.4 Å². The minimum absolute atomic E-state index is 0.0340. The molecule has 3 rings (SSSR count). The Bertz CT molecular complexity index is 904. The Morgan fingerprint density at radius 2 is 1.80 bits per heavy atom. The van der Waals surface area contributed by atoms with Crippen LogP contribution >= 0.6 is 0 Å². The maximum Gasteiger partial charge on any atom is 0.410 e. The van der Waals surface area contributed by atoms with Gasteiger partial charge in [0.25, 0.3) is 0 Å². The molecule has 0 saturated carbocycles. The number of hydrogen-bond donors (Lipinski definition) is 1. The molecule has 1 fully saturated rings. The lowest BCUT2D eigenvalue weighted by atomic mass is 9.85. The van der Waals surface area contributed by atoms with Gasteiger partial charge in [-0.25, -0.2) is 4.79 Å². The zero-order valence-corrected chi connectivity index (χ0v) is 19.0. The van der Waals surface area contributed by atoms with E-state index in [-0.39, 0.29) is 23.9 Å². The Kier molecular flexibility index (Phi) is 6.16. The van der Waals surface area contributed by atoms with Crippen LogP contribution in [0, 0.1) is 11.8 Å². The van der Waals surface area contributed by atoms with Crippen LogP contribution in [0.15, 0.2) is 30.5 Å². The third-order valence-corrected chi connectivity index (χ3v) is 5.23. The maximum atomic E-state index is 13.1. The number of carbonyl (C=O) groups is 2. The van der Waals surface area contributed by atoms with E-state index < -0.39 is 11.2 Å². The zero-order valence-electron chi connectivity index (χ0n) is 19.0. The summed E-state index contributed by atoms with van der Waals surface area (Å²) >= 11 is 0. The lowest BCUT2D eigenvalue weighted by Gasteiger charge is -2.28. The standard InChI is InChI=1S/C24H34N2O4/c1-23(2,3)29-21(27)19(13-16-7-8-17-9-11-25-20(17)14-16)18-10-12-26(15-18)22(28)30-24(4,5)6/h7-9,11,14,18-19,25H,10,12-13,15H2,1-6H3/t18-,19-/m0/s1. The normalized spacial score (nSPS) is 18.5. The summed E-state index contributed by atoms with van der Waals surface area (Å²) in [5.74, 6) is -0.485. The molecule has 0 bridgehead atoms. The molecule has 0 aliphatic carbocycles. The fourth-order valence-electron chi connectivity index (χ4n) is 3.90. The number of amides is 1. The number of aromatic amines is 1. The van der Waals surface area contributed by atoms with Gasteiger partial charge in [-0.1, -0.05) is 12.1 Å². The average molecular weight is 415 g/mol. The molecule has 6 heteroatoms. The van der Waals surface area contributed by atoms with Crippen molar-refractivity contribution in [1.82, 2.24) is 9.88 Å². The molecular weight excluding hydrogens is 380 g/mol. The van der Waals surface area contributed by atoms with Gasteiger partial charge in [-0.05, 0) is 83.4 Å². The number of likely N-dealkylation sites (tertiary alicyclic amines) is 1. The highest BCUT2D eigenvalue weighted by molar-refractivity contribution is 5.80. The van der Waals surface area contributed by atoms with Gasteiger partial charge in [-0.3, -0.25) is 4.79 Å². The van der Waals surface area contributed by atoms with Gasteiger partial charge >= 0.3 is 12.1 Å². The molecular formula is C24H34N2O4. The van der Waals surface area contributed by atoms with E-state index in [2.05, 4.69) is 23.2 Å². The van der Waals surface area contributed by atoms with Gasteiger partial charge in [-0.15, -0.1) is 0 Å². The fourth-order valence-corrected chi connectivity index (χ4v) is 3.90. The number of ether oxygens (including phenoxy) is 2. The first kappa shape index (κ1) is 22.2. The van der Waals surface area contributed by atoms with E-state index in [1.54, 1.807) is 4.90 Å². The molecule has 0 radical (unpaired) electrons. The van der Waals surface area contributed by atoms with Gasteiger partial charge in [0.1, 0.15) is 11.2 Å². The number of hydrogen-bond acceptors (Lipinski definition) is 4. The minimum atomic E-state index is -0.553. The SMILES string of the molecule is CC(C)(C)OC(=O)[C@@H](Cc1ccc2cc[nH]c2c1)[C@H]1CCN(C(=O)OC(C)(C)C)C1. The van der Waals surface area contributed by atoms with Crippen molar-refractivity contribution in [2.45, 2.75) is 65.6 Å². The molecule has 6 nitrogen and oxygen atoms in total. The molecule has 164 valence electrons. The molecule has 0 spiro atoms. The Balaban J connectivity index is 1.77. The number of esters is 1. The van der Waals surface area contributed by atoms with Crippen molar-refractivity contribution < 1.29 is 19.1 Å². The smallest absolute Gasteiger partial charge is 0.410 e. The van der Waals surface area contributed by atoms with Crippen molar-refractivity contribution in [2.75, 3.05) is 13.1 Å². The second-order valence-corrected chi connectivity index (χ2v) is 10.2. The molecule has 0 unspecified atom stereocenters. The number of rotatable bonds is 4. The summed E-state index contributed by atoms with van der Waals surface area (Å²) in [4.78, 5) is 30.5. The van der Waals surface area contributed by atoms with Crippen LogP contribution in [-0.4, -0.2) is 46.2 Å². The summed E-state index contributed by atoms with van der Waals surface area (Å²) in [5.41, 5.74) is 1.04. The highest BCUT2D eigenvalue weighted by Crippen LogP contribution is 2.31. The van der Waals surface area contributed by atoms with E-state index in [9.17, 15) is 9.59 Å². The van der Waals surface area contributed by atoms with Gasteiger partial charge in [0, 0.05) is 24.8 Å². The third kappa shape index (κ3) is 5.77. The number of carbonyl (C=O) groups excluding carboxylic acids is 2. The van der Waals surface area contributed by atoms with Gasteiger partial charge in [0.05, 0.1) is 5.92 Å². The number of fused-ring (bicyclic) bond motifs is 1. The first-order chi connectivity index (χ1) is 13.9. The Hall–Kier alpha value is -2.50. The van der Waals surface area contributed by atoms with Crippen LogP contribution in [0.5, 0.6) is 0 Å². The molecule has 1 aliphatic heterocycles. The summed E-state index contributed by atoms with van der Waals surface area (Å²) in [6.07, 6.45) is 2.93. The molecule has 1 aromatic carbocycles. The lowest BCUT2D eigenvalue weighted by Crippen LogP contribution is -2.38. The van der Waals surface area contributed by atoms with Crippen molar-refractivity contribution >= 4 is 23.0 Å². The predicted molar refractivity (Wildman–Crippen MR) is 117 cm³/mol. The van der Waals surface area contributed by atoms with Crippen molar-refractivity contribution in [3.8, 4) is 0 Å². The second kappa shape index (κ2) is 8.32. The van der Waals surface area contributed by atoms with Crippen LogP contribution < -0.4 is 0 Å². The van der Waals surface area contributed by atoms with Crippen molar-refractivity contribution in [3.63, 3.8) is 0 Å². The average Bonchev–Trinajstić information content (AvgIpc) is 3.25. The van der Waals surface area contributed by atoms with Gasteiger partial charge in [0.2, 0.25) is 0 Å². The molecule has 30 heavy (non-hydrogen) atoms. The van der Waals surface area contributed by atoms with Crippen LogP contribution in [0.1, 0.15) is 53.5 Å². The van der Waals surface area contributed by atoms with Crippen LogP contribution in [-0.2, 0) is 20.7 Å². The van der Waals surface area contributed by atoms with Crippen LogP contribution in [0.25, 0.3) is 10.9 Å². The first-order valence-electron chi connectivity index (χ1n) is 10.7. The topological polar surface area (TPSA) is 71.6 Å². The van der Waals surface area contributed by atoms with Crippen molar-refractivity contribution in [2.24, 2.45) is 11.8 Å². The molecule has 2 heterocycles.